The van der Waals surface area contributed by atoms with Gasteiger partial charge in [0, 0.05) is 5.92 Å². The van der Waals surface area contributed by atoms with E-state index in [4.69, 9.17) is 5.73 Å². The van der Waals surface area contributed by atoms with Gasteiger partial charge in [-0.1, -0.05) is 38.2 Å². The summed E-state index contributed by atoms with van der Waals surface area (Å²) in [6, 6.07) is 2.24. The molecule has 38 heavy (non-hydrogen) atoms. The van der Waals surface area contributed by atoms with Gasteiger partial charge in [0.25, 0.3) is 0 Å². The fraction of sp³-hybridized carbons (Fsp3) is 0.621. The Labute approximate surface area is 221 Å². The number of carbonyl (C=O) groups excluding carboxylic acids is 5. The van der Waals surface area contributed by atoms with E-state index in [0.717, 1.165) is 24.0 Å². The first-order valence-electron chi connectivity index (χ1n) is 13.7. The summed E-state index contributed by atoms with van der Waals surface area (Å²) >= 11 is 0. The fourth-order valence-corrected chi connectivity index (χ4v) is 7.74. The van der Waals surface area contributed by atoms with Crippen LogP contribution in [0.5, 0.6) is 5.75 Å². The van der Waals surface area contributed by atoms with Crippen molar-refractivity contribution in [2.24, 2.45) is 35.3 Å². The molecule has 0 bridgehead atoms. The van der Waals surface area contributed by atoms with Gasteiger partial charge in [0.15, 0.2) is 34.7 Å². The fourth-order valence-electron chi connectivity index (χ4n) is 7.74. The average molecular weight is 525 g/mol. The van der Waals surface area contributed by atoms with E-state index in [1.54, 1.807) is 14.1 Å². The number of nitrogens with zero attached hydrogens (tertiary/aromatic N) is 1. The summed E-state index contributed by atoms with van der Waals surface area (Å²) in [5.41, 5.74) is 4.44. The number of hydrogen-bond donors (Lipinski definition) is 3. The van der Waals surface area contributed by atoms with Gasteiger partial charge in [-0.3, -0.25) is 28.9 Å². The van der Waals surface area contributed by atoms with Crippen LogP contribution in [0.3, 0.4) is 0 Å². The molecule has 0 spiro atoms. The Morgan fingerprint density at radius 3 is 2.39 bits per heavy atom. The maximum absolute atomic E-state index is 13.9. The molecule has 0 aromatic heterocycles. The minimum absolute atomic E-state index is 0.0710. The molecule has 6 atom stereocenters. The Hall–Kier alpha value is -2.91. The molecule has 0 aliphatic heterocycles. The highest BCUT2D eigenvalue weighted by atomic mass is 16.3. The molecule has 0 heterocycles. The van der Waals surface area contributed by atoms with E-state index in [1.165, 1.54) is 43.1 Å². The van der Waals surface area contributed by atoms with Crippen LogP contribution in [-0.2, 0) is 32.0 Å². The molecule has 2 unspecified atom stereocenters. The molecule has 1 aromatic rings. The number of likely N-dealkylation sites (N-methyl/N-ethyl adjacent to an activating group) is 1. The van der Waals surface area contributed by atoms with Crippen LogP contribution in [0, 0.1) is 29.6 Å². The lowest BCUT2D eigenvalue weighted by Crippen LogP contribution is -2.74. The van der Waals surface area contributed by atoms with Crippen molar-refractivity contribution < 1.29 is 34.2 Å². The summed E-state index contributed by atoms with van der Waals surface area (Å²) in [5.74, 6) is -9.39. The second-order valence-electron chi connectivity index (χ2n) is 11.9. The quantitative estimate of drug-likeness (QED) is 0.488. The second-order valence-corrected chi connectivity index (χ2v) is 11.9. The molecule has 5 rings (SSSR count). The van der Waals surface area contributed by atoms with E-state index < -0.39 is 64.4 Å². The Morgan fingerprint density at radius 2 is 1.76 bits per heavy atom. The molecule has 4 aliphatic carbocycles. The minimum atomic E-state index is -2.69. The number of nitrogens with two attached hydrogens (primary N) is 1. The molecule has 0 radical (unpaired) electrons. The van der Waals surface area contributed by atoms with Crippen molar-refractivity contribution in [2.75, 3.05) is 14.1 Å². The van der Waals surface area contributed by atoms with Crippen LogP contribution in [0.1, 0.15) is 66.4 Å². The number of primary amides is 1. The number of hydrogen-bond acceptors (Lipinski definition) is 8. The minimum Gasteiger partial charge on any atom is -0.507 e. The van der Waals surface area contributed by atoms with Crippen molar-refractivity contribution in [1.29, 1.82) is 0 Å². The molecule has 204 valence electrons. The van der Waals surface area contributed by atoms with Crippen molar-refractivity contribution in [3.63, 3.8) is 0 Å². The molecule has 3 saturated carbocycles. The number of carbonyl (C=O) groups is 5. The summed E-state index contributed by atoms with van der Waals surface area (Å²) in [5, 5.41) is 22.3. The Balaban J connectivity index is 1.53. The Morgan fingerprint density at radius 1 is 1.08 bits per heavy atom. The van der Waals surface area contributed by atoms with Gasteiger partial charge in [0.1, 0.15) is 5.75 Å². The van der Waals surface area contributed by atoms with E-state index in [9.17, 15) is 34.2 Å². The first-order chi connectivity index (χ1) is 18.0. The summed E-state index contributed by atoms with van der Waals surface area (Å²) in [6.07, 6.45) is 8.25. The normalized spacial score (nSPS) is 33.6. The number of fused-ring (bicyclic) bond motifs is 3. The number of aliphatic hydroxyl groups is 1. The van der Waals surface area contributed by atoms with Crippen LogP contribution < -0.4 is 5.73 Å². The molecular weight excluding hydrogens is 488 g/mol. The Kier molecular flexibility index (Phi) is 6.80. The number of Topliss-reactive ketones (excluding diaryl/α,β-unsaturated/α-hetero) is 4. The standard InChI is InChI=1S/C29H36N2O7/c1-31(2)23-18-13-16-12-17-15(9-8-14-6-4-3-5-7-14)10-11-19(32)21(17)24(33)20(16)26(35)29(18,38)27(36)22(25(23)34)28(30)37/h10-11,14,16,18,20,22-23,32,38H,3-9,12-13H2,1-2H3,(H2,30,37)/t16-,18-,20?,22?,23-,29-/m1/s1. The predicted octanol–water partition coefficient (Wildman–Crippen LogP) is 1.38. The van der Waals surface area contributed by atoms with E-state index in [-0.39, 0.29) is 17.7 Å². The number of phenolic OH excluding ortho intramolecular Hbond substituents is 1. The molecule has 9 heteroatoms. The molecule has 4 aliphatic rings. The molecule has 1 amide bonds. The van der Waals surface area contributed by atoms with Crippen molar-refractivity contribution >= 4 is 29.0 Å². The number of ketones is 4. The van der Waals surface area contributed by atoms with Gasteiger partial charge in [-0.05, 0) is 68.8 Å². The van der Waals surface area contributed by atoms with Crippen LogP contribution in [0.2, 0.25) is 0 Å². The van der Waals surface area contributed by atoms with Gasteiger partial charge < -0.3 is 15.9 Å². The zero-order valence-corrected chi connectivity index (χ0v) is 21.9. The number of rotatable bonds is 5. The monoisotopic (exact) mass is 524 g/mol. The third kappa shape index (κ3) is 3.93. The first-order valence-corrected chi connectivity index (χ1v) is 13.7. The molecule has 0 saturated heterocycles. The number of benzene rings is 1. The van der Waals surface area contributed by atoms with Crippen LogP contribution in [0.15, 0.2) is 12.1 Å². The molecule has 9 nitrogen and oxygen atoms in total. The van der Waals surface area contributed by atoms with Gasteiger partial charge in [-0.25, -0.2) is 0 Å². The maximum Gasteiger partial charge on any atom is 0.235 e. The zero-order chi connectivity index (χ0) is 27.5. The van der Waals surface area contributed by atoms with Crippen LogP contribution in [0.25, 0.3) is 0 Å². The lowest BCUT2D eigenvalue weighted by Gasteiger charge is -2.52. The predicted molar refractivity (Wildman–Crippen MR) is 136 cm³/mol. The van der Waals surface area contributed by atoms with Gasteiger partial charge >= 0.3 is 0 Å². The van der Waals surface area contributed by atoms with Crippen molar-refractivity contribution in [3.05, 3.63) is 28.8 Å². The summed E-state index contributed by atoms with van der Waals surface area (Å²) in [7, 11) is 3.16. The van der Waals surface area contributed by atoms with Crippen LogP contribution in [-0.4, -0.2) is 69.9 Å². The van der Waals surface area contributed by atoms with Gasteiger partial charge in [-0.15, -0.1) is 0 Å². The van der Waals surface area contributed by atoms with E-state index >= 15 is 0 Å². The second kappa shape index (κ2) is 9.68. The third-order valence-corrected chi connectivity index (χ3v) is 9.59. The average Bonchev–Trinajstić information content (AvgIpc) is 2.86. The number of aryl methyl sites for hydroxylation is 1. The molecular formula is C29H36N2O7. The van der Waals surface area contributed by atoms with E-state index in [2.05, 4.69) is 0 Å². The van der Waals surface area contributed by atoms with Crippen molar-refractivity contribution in [1.82, 2.24) is 4.90 Å². The lowest BCUT2D eigenvalue weighted by molar-refractivity contribution is -0.181. The zero-order valence-electron chi connectivity index (χ0n) is 21.9. The van der Waals surface area contributed by atoms with E-state index in [1.807, 2.05) is 6.07 Å². The van der Waals surface area contributed by atoms with Crippen molar-refractivity contribution in [2.45, 2.75) is 69.4 Å². The van der Waals surface area contributed by atoms with Crippen molar-refractivity contribution in [3.8, 4) is 5.75 Å². The van der Waals surface area contributed by atoms with Gasteiger partial charge in [0.2, 0.25) is 5.91 Å². The maximum atomic E-state index is 13.9. The lowest BCUT2D eigenvalue weighted by atomic mass is 9.52. The number of amides is 1. The van der Waals surface area contributed by atoms with Crippen LogP contribution >= 0.6 is 0 Å². The van der Waals surface area contributed by atoms with E-state index in [0.29, 0.717) is 12.3 Å². The highest BCUT2D eigenvalue weighted by Gasteiger charge is 2.69. The summed E-state index contributed by atoms with van der Waals surface area (Å²) < 4.78 is 0. The largest absolute Gasteiger partial charge is 0.507 e. The topological polar surface area (TPSA) is 155 Å². The Bertz CT molecular complexity index is 1220. The highest BCUT2D eigenvalue weighted by Crippen LogP contribution is 2.51. The number of phenols is 1. The summed E-state index contributed by atoms with van der Waals surface area (Å²) in [4.78, 5) is 67.7. The third-order valence-electron chi connectivity index (χ3n) is 9.59. The van der Waals surface area contributed by atoms with Gasteiger partial charge in [0.05, 0.1) is 17.5 Å². The highest BCUT2D eigenvalue weighted by molar-refractivity contribution is 6.32. The summed E-state index contributed by atoms with van der Waals surface area (Å²) in [6.45, 7) is 0. The molecule has 4 N–H and O–H groups in total. The SMILES string of the molecule is CN(C)[C@H]1C(=O)C(C(N)=O)C(=O)[C@]2(O)C(=O)C3C(=O)c4c(O)ccc(CCC5CCCCC5)c4C[C@@H]3C[C@H]12. The molecule has 3 fully saturated rings. The number of aromatic hydroxyl groups is 1. The smallest absolute Gasteiger partial charge is 0.235 e. The van der Waals surface area contributed by atoms with Crippen LogP contribution in [0.4, 0.5) is 0 Å². The van der Waals surface area contributed by atoms with Gasteiger partial charge in [-0.2, -0.15) is 0 Å². The molecule has 1 aromatic carbocycles. The first kappa shape index (κ1) is 26.7.